The lowest BCUT2D eigenvalue weighted by Gasteiger charge is -2.39. The van der Waals surface area contributed by atoms with Gasteiger partial charge in [0.15, 0.2) is 5.82 Å². The molecule has 0 bridgehead atoms. The van der Waals surface area contributed by atoms with Crippen molar-refractivity contribution in [3.63, 3.8) is 0 Å². The maximum Gasteiger partial charge on any atom is 0.173 e. The van der Waals surface area contributed by atoms with Crippen molar-refractivity contribution in [1.82, 2.24) is 30.0 Å². The first kappa shape index (κ1) is 21.7. The van der Waals surface area contributed by atoms with Crippen LogP contribution in [0.4, 0.5) is 0 Å². The van der Waals surface area contributed by atoms with E-state index in [9.17, 15) is 0 Å². The van der Waals surface area contributed by atoms with E-state index in [1.54, 1.807) is 14.2 Å². The second-order valence-electron chi connectivity index (χ2n) is 7.99. The molecule has 0 aliphatic carbocycles. The third kappa shape index (κ3) is 4.89. The van der Waals surface area contributed by atoms with E-state index < -0.39 is 0 Å². The Labute approximate surface area is 183 Å². The summed E-state index contributed by atoms with van der Waals surface area (Å²) < 4.78 is 18.9. The largest absolute Gasteiger partial charge is 0.497 e. The van der Waals surface area contributed by atoms with Crippen LogP contribution in [0.5, 0.6) is 11.5 Å². The minimum atomic E-state index is -0.122. The lowest BCUT2D eigenvalue weighted by Crippen LogP contribution is -2.48. The molecule has 31 heavy (non-hydrogen) atoms. The van der Waals surface area contributed by atoms with Crippen LogP contribution in [0.25, 0.3) is 0 Å². The summed E-state index contributed by atoms with van der Waals surface area (Å²) >= 11 is 0. The molecule has 9 heteroatoms. The second kappa shape index (κ2) is 10.2. The summed E-state index contributed by atoms with van der Waals surface area (Å²) in [4.78, 5) is 4.84. The number of nitrogens with zero attached hydrogens (tertiary/aromatic N) is 6. The highest BCUT2D eigenvalue weighted by Gasteiger charge is 2.33. The van der Waals surface area contributed by atoms with Crippen LogP contribution in [0.2, 0.25) is 0 Å². The third-order valence-corrected chi connectivity index (χ3v) is 6.10. The highest BCUT2D eigenvalue weighted by molar-refractivity contribution is 5.44. The van der Waals surface area contributed by atoms with Crippen LogP contribution < -0.4 is 9.47 Å². The van der Waals surface area contributed by atoms with Crippen molar-refractivity contribution in [2.45, 2.75) is 31.5 Å². The van der Waals surface area contributed by atoms with Gasteiger partial charge in [0.2, 0.25) is 0 Å². The summed E-state index contributed by atoms with van der Waals surface area (Å²) in [5.41, 5.74) is 1.03. The first-order valence-corrected chi connectivity index (χ1v) is 10.9. The zero-order valence-electron chi connectivity index (χ0n) is 18.4. The van der Waals surface area contributed by atoms with Gasteiger partial charge in [-0.15, -0.1) is 11.7 Å². The molecule has 2 saturated heterocycles. The molecule has 9 nitrogen and oxygen atoms in total. The van der Waals surface area contributed by atoms with E-state index in [0.29, 0.717) is 6.54 Å². The Kier molecular flexibility index (Phi) is 7.16. The molecule has 0 radical (unpaired) electrons. The zero-order valence-corrected chi connectivity index (χ0v) is 18.4. The molecular formula is C22H32N6O3. The number of aromatic nitrogens is 4. The topological polar surface area (TPSA) is 77.8 Å². The first-order valence-electron chi connectivity index (χ1n) is 10.9. The Bertz CT molecular complexity index is 859. The van der Waals surface area contributed by atoms with E-state index >= 15 is 0 Å². The van der Waals surface area contributed by atoms with Gasteiger partial charge in [-0.3, -0.25) is 9.80 Å². The van der Waals surface area contributed by atoms with Gasteiger partial charge in [0, 0.05) is 51.0 Å². The van der Waals surface area contributed by atoms with Crippen LogP contribution in [0.1, 0.15) is 30.3 Å². The van der Waals surface area contributed by atoms with Gasteiger partial charge in [-0.05, 0) is 35.4 Å². The van der Waals surface area contributed by atoms with E-state index in [1.807, 2.05) is 22.9 Å². The van der Waals surface area contributed by atoms with E-state index in [-0.39, 0.29) is 12.1 Å². The van der Waals surface area contributed by atoms with Crippen LogP contribution in [-0.2, 0) is 11.3 Å². The third-order valence-electron chi connectivity index (χ3n) is 6.10. The predicted octanol–water partition coefficient (Wildman–Crippen LogP) is 1.76. The average Bonchev–Trinajstić information content (AvgIpc) is 3.48. The van der Waals surface area contributed by atoms with Crippen molar-refractivity contribution in [2.75, 3.05) is 53.6 Å². The Hall–Kier alpha value is -2.49. The summed E-state index contributed by atoms with van der Waals surface area (Å²) in [6.07, 6.45) is 4.24. The van der Waals surface area contributed by atoms with Crippen molar-refractivity contribution >= 4 is 0 Å². The fraction of sp³-hybridized carbons (Fsp3) is 0.591. The molecule has 1 aromatic carbocycles. The van der Waals surface area contributed by atoms with Gasteiger partial charge in [-0.2, -0.15) is 0 Å². The minimum Gasteiger partial charge on any atom is -0.497 e. The van der Waals surface area contributed by atoms with Gasteiger partial charge in [0.05, 0.1) is 26.9 Å². The Morgan fingerprint density at radius 1 is 1.23 bits per heavy atom. The van der Waals surface area contributed by atoms with Crippen LogP contribution in [-0.4, -0.2) is 89.7 Å². The summed E-state index contributed by atoms with van der Waals surface area (Å²) in [5.74, 6) is 2.34. The smallest absolute Gasteiger partial charge is 0.173 e. The van der Waals surface area contributed by atoms with E-state index in [1.165, 1.54) is 0 Å². The van der Waals surface area contributed by atoms with E-state index in [2.05, 4.69) is 38.0 Å². The van der Waals surface area contributed by atoms with Gasteiger partial charge < -0.3 is 14.2 Å². The quantitative estimate of drug-likeness (QED) is 0.559. The number of piperazine rings is 1. The minimum absolute atomic E-state index is 0.122. The Morgan fingerprint density at radius 3 is 2.74 bits per heavy atom. The van der Waals surface area contributed by atoms with Crippen molar-refractivity contribution in [2.24, 2.45) is 0 Å². The van der Waals surface area contributed by atoms with Crippen LogP contribution in [0.3, 0.4) is 0 Å². The molecule has 0 amide bonds. The molecule has 0 saturated carbocycles. The molecule has 0 spiro atoms. The Morgan fingerprint density at radius 2 is 2.06 bits per heavy atom. The number of rotatable bonds is 9. The molecule has 168 valence electrons. The molecule has 3 heterocycles. The number of methoxy groups -OCH3 is 2. The standard InChI is InChI=1S/C22H32N6O3/c1-4-9-26-10-12-27(13-11-26)21(19-8-7-17(29-2)15-20(19)30-3)22-23-24-25-28(22)16-18-6-5-14-31-18/h4,7-8,15,18,21H,1,5-6,9-14,16H2,2-3H3/t18-,21-/m0/s1. The molecule has 0 N–H and O–H groups in total. The number of benzene rings is 1. The van der Waals surface area contributed by atoms with Gasteiger partial charge >= 0.3 is 0 Å². The van der Waals surface area contributed by atoms with Gasteiger partial charge in [-0.1, -0.05) is 6.08 Å². The van der Waals surface area contributed by atoms with Crippen molar-refractivity contribution in [3.8, 4) is 11.5 Å². The normalized spacial score (nSPS) is 21.2. The lowest BCUT2D eigenvalue weighted by molar-refractivity contribution is 0.0865. The van der Waals surface area contributed by atoms with Gasteiger partial charge in [-0.25, -0.2) is 4.68 Å². The summed E-state index contributed by atoms with van der Waals surface area (Å²) in [5, 5.41) is 12.8. The molecule has 2 atom stereocenters. The SMILES string of the molecule is C=CCN1CCN([C@@H](c2ccc(OC)cc2OC)c2nnnn2C[C@@H]2CCCO2)CC1. The highest BCUT2D eigenvalue weighted by Crippen LogP contribution is 2.36. The number of hydrogen-bond acceptors (Lipinski definition) is 8. The molecule has 4 rings (SSSR count). The highest BCUT2D eigenvalue weighted by atomic mass is 16.5. The molecule has 2 aliphatic rings. The first-order chi connectivity index (χ1) is 15.2. The summed E-state index contributed by atoms with van der Waals surface area (Å²) in [7, 11) is 3.35. The number of tetrazole rings is 1. The van der Waals surface area contributed by atoms with E-state index in [0.717, 1.165) is 75.1 Å². The Balaban J connectivity index is 1.67. The molecule has 0 unspecified atom stereocenters. The zero-order chi connectivity index (χ0) is 21.6. The fourth-order valence-electron chi connectivity index (χ4n) is 4.45. The molecule has 2 aromatic rings. The van der Waals surface area contributed by atoms with Crippen LogP contribution >= 0.6 is 0 Å². The van der Waals surface area contributed by atoms with Crippen LogP contribution in [0, 0.1) is 0 Å². The number of hydrogen-bond donors (Lipinski definition) is 0. The van der Waals surface area contributed by atoms with Crippen molar-refractivity contribution in [1.29, 1.82) is 0 Å². The van der Waals surface area contributed by atoms with Gasteiger partial charge in [0.25, 0.3) is 0 Å². The second-order valence-corrected chi connectivity index (χ2v) is 7.99. The van der Waals surface area contributed by atoms with Gasteiger partial charge in [0.1, 0.15) is 17.5 Å². The average molecular weight is 429 g/mol. The molecule has 1 aromatic heterocycles. The maximum atomic E-state index is 5.84. The monoisotopic (exact) mass is 428 g/mol. The predicted molar refractivity (Wildman–Crippen MR) is 116 cm³/mol. The summed E-state index contributed by atoms with van der Waals surface area (Å²) in [6.45, 7) is 9.98. The van der Waals surface area contributed by atoms with Crippen LogP contribution in [0.15, 0.2) is 30.9 Å². The molecule has 2 aliphatic heterocycles. The molecule has 2 fully saturated rings. The number of ether oxygens (including phenoxy) is 3. The fourth-order valence-corrected chi connectivity index (χ4v) is 4.45. The van der Waals surface area contributed by atoms with Crippen molar-refractivity contribution in [3.05, 3.63) is 42.2 Å². The van der Waals surface area contributed by atoms with Crippen molar-refractivity contribution < 1.29 is 14.2 Å². The van der Waals surface area contributed by atoms with E-state index in [4.69, 9.17) is 14.2 Å². The summed E-state index contributed by atoms with van der Waals surface area (Å²) in [6, 6.07) is 5.82. The lowest BCUT2D eigenvalue weighted by atomic mass is 10.0. The maximum absolute atomic E-state index is 5.84. The molecular weight excluding hydrogens is 396 g/mol.